The molecule has 0 bridgehead atoms. The number of rotatable bonds is 4. The first-order chi connectivity index (χ1) is 17.3. The molecule has 1 aliphatic rings. The van der Waals surface area contributed by atoms with Crippen LogP contribution in [-0.4, -0.2) is 26.4 Å². The number of ether oxygens (including phenoxy) is 3. The molecule has 1 N–H and O–H groups in total. The van der Waals surface area contributed by atoms with Crippen molar-refractivity contribution in [3.8, 4) is 34.1 Å². The summed E-state index contributed by atoms with van der Waals surface area (Å²) in [4.78, 5) is 5.30. The fraction of sp³-hybridized carbons (Fsp3) is 0.133. The molecule has 174 valence electrons. The second kappa shape index (κ2) is 9.20. The molecule has 0 aliphatic carbocycles. The van der Waals surface area contributed by atoms with Crippen molar-refractivity contribution in [2.75, 3.05) is 20.3 Å². The maximum absolute atomic E-state index is 6.43. The van der Waals surface area contributed by atoms with Crippen LogP contribution >= 0.6 is 0 Å². The Labute approximate surface area is 203 Å². The zero-order valence-corrected chi connectivity index (χ0v) is 19.4. The molecule has 0 fully saturated rings. The minimum absolute atomic E-state index is 0.303. The van der Waals surface area contributed by atoms with E-state index in [-0.39, 0.29) is 6.10 Å². The van der Waals surface area contributed by atoms with E-state index in [0.29, 0.717) is 19.0 Å². The van der Waals surface area contributed by atoms with Gasteiger partial charge in [-0.2, -0.15) is 5.48 Å². The van der Waals surface area contributed by atoms with Crippen LogP contribution in [0.4, 0.5) is 0 Å². The Morgan fingerprint density at radius 3 is 1.69 bits per heavy atom. The van der Waals surface area contributed by atoms with Crippen LogP contribution in [0.15, 0.2) is 97.1 Å². The Kier molecular flexibility index (Phi) is 5.60. The Balaban J connectivity index is 1.44. The molecule has 1 aliphatic heterocycles. The van der Waals surface area contributed by atoms with Gasteiger partial charge in [-0.1, -0.05) is 60.7 Å². The van der Waals surface area contributed by atoms with E-state index in [4.69, 9.17) is 19.0 Å². The van der Waals surface area contributed by atoms with E-state index in [9.17, 15) is 0 Å². The summed E-state index contributed by atoms with van der Waals surface area (Å²) in [6, 6.07) is 32.6. The van der Waals surface area contributed by atoms with Gasteiger partial charge in [0.15, 0.2) is 6.10 Å². The molecule has 0 atom stereocenters. The zero-order chi connectivity index (χ0) is 23.6. The number of hydrogen-bond acceptors (Lipinski definition) is 5. The molecule has 5 heteroatoms. The molecule has 6 rings (SSSR count). The third-order valence-corrected chi connectivity index (χ3v) is 6.23. The van der Waals surface area contributed by atoms with Gasteiger partial charge in [0.1, 0.15) is 36.2 Å². The first kappa shape index (κ1) is 21.3. The standard InChI is InChI=1S/C30H25NO4/c1-31-35-23-14-12-22(13-15-23)34-24-18-32-27-16-10-20-6-2-4-8-25(20)29(27)30-26-9-5-3-7-21(26)11-17-28(30)33-19-24/h2-17,24,31H,18-19H2,1H3. The third-order valence-electron chi connectivity index (χ3n) is 6.23. The van der Waals surface area contributed by atoms with Crippen LogP contribution in [0.2, 0.25) is 0 Å². The molecule has 0 unspecified atom stereocenters. The zero-order valence-electron chi connectivity index (χ0n) is 19.4. The van der Waals surface area contributed by atoms with Crippen LogP contribution in [0.25, 0.3) is 32.7 Å². The van der Waals surface area contributed by atoms with E-state index in [0.717, 1.165) is 49.9 Å². The number of benzene rings is 5. The number of fused-ring (bicyclic) bond motifs is 7. The first-order valence-corrected chi connectivity index (χ1v) is 11.7. The van der Waals surface area contributed by atoms with Crippen LogP contribution in [0.5, 0.6) is 23.0 Å². The van der Waals surface area contributed by atoms with Gasteiger partial charge in [-0.05, 0) is 57.9 Å². The quantitative estimate of drug-likeness (QED) is 0.313. The summed E-state index contributed by atoms with van der Waals surface area (Å²) >= 11 is 0. The van der Waals surface area contributed by atoms with Crippen molar-refractivity contribution in [2.24, 2.45) is 0 Å². The largest absolute Gasteiger partial charge is 0.489 e. The second-order valence-electron chi connectivity index (χ2n) is 8.46. The lowest BCUT2D eigenvalue weighted by Gasteiger charge is -2.19. The Morgan fingerprint density at radius 2 is 1.14 bits per heavy atom. The van der Waals surface area contributed by atoms with Crippen molar-refractivity contribution in [2.45, 2.75) is 6.10 Å². The first-order valence-electron chi connectivity index (χ1n) is 11.7. The van der Waals surface area contributed by atoms with E-state index >= 15 is 0 Å². The Morgan fingerprint density at radius 1 is 0.629 bits per heavy atom. The SMILES string of the molecule is CNOc1ccc(OC2COc3ccc4ccccc4c3-c3c(ccc4ccccc34)OC2)cc1. The number of hydroxylamine groups is 1. The van der Waals surface area contributed by atoms with E-state index in [2.05, 4.69) is 78.3 Å². The molecule has 0 amide bonds. The van der Waals surface area contributed by atoms with E-state index < -0.39 is 0 Å². The van der Waals surface area contributed by atoms with Gasteiger partial charge in [0.25, 0.3) is 0 Å². The monoisotopic (exact) mass is 463 g/mol. The van der Waals surface area contributed by atoms with Gasteiger partial charge in [0.05, 0.1) is 0 Å². The van der Waals surface area contributed by atoms with Crippen LogP contribution in [0, 0.1) is 0 Å². The predicted octanol–water partition coefficient (Wildman–Crippen LogP) is 6.39. The molecule has 0 spiro atoms. The summed E-state index contributed by atoms with van der Waals surface area (Å²) in [5.41, 5.74) is 4.76. The molecular weight excluding hydrogens is 438 g/mol. The van der Waals surface area contributed by atoms with Gasteiger partial charge >= 0.3 is 0 Å². The molecular formula is C30H25NO4. The topological polar surface area (TPSA) is 49.0 Å². The maximum Gasteiger partial charge on any atom is 0.166 e. The van der Waals surface area contributed by atoms with Crippen molar-refractivity contribution >= 4 is 21.5 Å². The van der Waals surface area contributed by atoms with E-state index in [1.54, 1.807) is 7.05 Å². The van der Waals surface area contributed by atoms with Gasteiger partial charge in [-0.25, -0.2) is 0 Å². The highest BCUT2D eigenvalue weighted by molar-refractivity contribution is 6.09. The normalized spacial score (nSPS) is 13.5. The molecule has 1 heterocycles. The smallest absolute Gasteiger partial charge is 0.166 e. The molecule has 0 saturated heterocycles. The van der Waals surface area contributed by atoms with Gasteiger partial charge in [0.2, 0.25) is 0 Å². The molecule has 0 radical (unpaired) electrons. The summed E-state index contributed by atoms with van der Waals surface area (Å²) in [5.74, 6) is 3.07. The molecule has 0 aromatic heterocycles. The summed E-state index contributed by atoms with van der Waals surface area (Å²) in [6.45, 7) is 0.706. The summed E-state index contributed by atoms with van der Waals surface area (Å²) < 4.78 is 19.1. The highest BCUT2D eigenvalue weighted by atomic mass is 16.6. The number of nitrogens with one attached hydrogen (secondary N) is 1. The highest BCUT2D eigenvalue weighted by Crippen LogP contribution is 2.46. The Hall–Kier alpha value is -4.22. The maximum atomic E-state index is 6.43. The second-order valence-corrected chi connectivity index (χ2v) is 8.46. The molecule has 5 aromatic rings. The van der Waals surface area contributed by atoms with Gasteiger partial charge < -0.3 is 19.0 Å². The third kappa shape index (κ3) is 4.11. The fourth-order valence-electron chi connectivity index (χ4n) is 4.64. The summed E-state index contributed by atoms with van der Waals surface area (Å²) in [5, 5.41) is 4.57. The molecule has 5 aromatic carbocycles. The lowest BCUT2D eigenvalue weighted by Crippen LogP contribution is -2.31. The summed E-state index contributed by atoms with van der Waals surface area (Å²) in [7, 11) is 1.72. The van der Waals surface area contributed by atoms with Crippen molar-refractivity contribution in [3.05, 3.63) is 97.1 Å². The van der Waals surface area contributed by atoms with Crippen LogP contribution < -0.4 is 24.5 Å². The van der Waals surface area contributed by atoms with E-state index in [1.807, 2.05) is 24.3 Å². The van der Waals surface area contributed by atoms with Crippen LogP contribution in [0.1, 0.15) is 0 Å². The highest BCUT2D eigenvalue weighted by Gasteiger charge is 2.23. The molecule has 0 saturated carbocycles. The van der Waals surface area contributed by atoms with Crippen molar-refractivity contribution in [1.29, 1.82) is 0 Å². The van der Waals surface area contributed by atoms with Crippen molar-refractivity contribution in [1.82, 2.24) is 5.48 Å². The van der Waals surface area contributed by atoms with Crippen LogP contribution in [0.3, 0.4) is 0 Å². The Bertz CT molecular complexity index is 1410. The fourth-order valence-corrected chi connectivity index (χ4v) is 4.64. The predicted molar refractivity (Wildman–Crippen MR) is 138 cm³/mol. The number of hydrogen-bond donors (Lipinski definition) is 1. The van der Waals surface area contributed by atoms with Gasteiger partial charge in [0, 0.05) is 18.2 Å². The minimum Gasteiger partial charge on any atom is -0.489 e. The lowest BCUT2D eigenvalue weighted by molar-refractivity contribution is 0.0830. The summed E-state index contributed by atoms with van der Waals surface area (Å²) in [6.07, 6.45) is -0.303. The van der Waals surface area contributed by atoms with Gasteiger partial charge in [-0.15, -0.1) is 0 Å². The van der Waals surface area contributed by atoms with E-state index in [1.165, 1.54) is 0 Å². The van der Waals surface area contributed by atoms with Gasteiger partial charge in [-0.3, -0.25) is 0 Å². The minimum atomic E-state index is -0.303. The van der Waals surface area contributed by atoms with Crippen molar-refractivity contribution < 1.29 is 19.0 Å². The van der Waals surface area contributed by atoms with Crippen LogP contribution in [-0.2, 0) is 0 Å². The average Bonchev–Trinajstić information content (AvgIpc) is 2.98. The van der Waals surface area contributed by atoms with Crippen molar-refractivity contribution in [3.63, 3.8) is 0 Å². The average molecular weight is 464 g/mol. The lowest BCUT2D eigenvalue weighted by atomic mass is 9.92. The molecule has 5 nitrogen and oxygen atoms in total. The molecule has 35 heavy (non-hydrogen) atoms.